The van der Waals surface area contributed by atoms with Crippen molar-refractivity contribution in [3.05, 3.63) is 11.6 Å². The fraction of sp³-hybridized carbons (Fsp3) is 0.905. The topological polar surface area (TPSA) is 273 Å². The van der Waals surface area contributed by atoms with Crippen LogP contribution in [0.25, 0.3) is 0 Å². The van der Waals surface area contributed by atoms with Crippen LogP contribution >= 0.6 is 0 Å². The maximum atomic E-state index is 13.7. The van der Waals surface area contributed by atoms with Crippen molar-refractivity contribution in [2.24, 2.45) is 50.2 Å². The van der Waals surface area contributed by atoms with E-state index in [9.17, 15) is 60.7 Å². The summed E-state index contributed by atoms with van der Waals surface area (Å²) in [6.45, 7) is 11.0. The lowest BCUT2D eigenvalue weighted by Crippen LogP contribution is -2.70. The van der Waals surface area contributed by atoms with E-state index < -0.39 is 121 Å². The molecule has 0 radical (unpaired) electrons. The molecule has 20 atom stereocenters. The Balaban J connectivity index is 1.21. The summed E-state index contributed by atoms with van der Waals surface area (Å²) in [4.78, 5) is 26.8. The third-order valence-electron chi connectivity index (χ3n) is 17.3. The van der Waals surface area contributed by atoms with Crippen LogP contribution in [0.15, 0.2) is 11.6 Å². The van der Waals surface area contributed by atoms with Gasteiger partial charge < -0.3 is 70.0 Å². The van der Waals surface area contributed by atoms with Gasteiger partial charge in [0.1, 0.15) is 54.9 Å². The molecular weight excluding hydrogens is 760 g/mol. The number of ether oxygens (including phenoxy) is 4. The van der Waals surface area contributed by atoms with E-state index in [1.807, 2.05) is 0 Å². The van der Waals surface area contributed by atoms with Crippen LogP contribution in [0, 0.1) is 50.2 Å². The molecule has 7 aliphatic rings. The molecule has 16 nitrogen and oxygen atoms in total. The third-order valence-corrected chi connectivity index (χ3v) is 17.3. The zero-order valence-electron chi connectivity index (χ0n) is 34.4. The number of carboxylic acid groups (broad SMARTS) is 2. The molecule has 330 valence electrons. The van der Waals surface area contributed by atoms with Gasteiger partial charge in [0.05, 0.1) is 30.1 Å². The number of aliphatic hydroxyl groups excluding tert-OH is 8. The summed E-state index contributed by atoms with van der Waals surface area (Å²) in [6.07, 6.45) is -12.5. The number of carbonyl (C=O) groups is 2. The number of hydrogen-bond donors (Lipinski definition) is 10. The van der Waals surface area contributed by atoms with Gasteiger partial charge in [-0.1, -0.05) is 46.3 Å². The van der Waals surface area contributed by atoms with Gasteiger partial charge in [0.25, 0.3) is 0 Å². The molecule has 7 rings (SSSR count). The molecule has 10 N–H and O–H groups in total. The van der Waals surface area contributed by atoms with Gasteiger partial charge in [0.15, 0.2) is 12.6 Å². The SMILES string of the molecule is CC1(C)CC[C@]2(C(=O)O)CC[C@]3(C)C(=CC[C@@H]4[C@@]5(C)C[C@H](O)[C@H](O[C@@H]6O[C@H](CO)[C@@H](O)[C@H](O)[C@H]6O[C@@H]6O[C@H](CO)[C@@H](O)[C@H](O)[C@H]6O)[C@@](C)(C(=O)O)[C@@H]5CC[C@]43C)[C@@H]2C1. The predicted molar refractivity (Wildman–Crippen MR) is 201 cm³/mol. The predicted octanol–water partition coefficient (Wildman–Crippen LogP) is 0.918. The van der Waals surface area contributed by atoms with Crippen LogP contribution < -0.4 is 0 Å². The minimum atomic E-state index is -1.90. The van der Waals surface area contributed by atoms with E-state index in [1.165, 1.54) is 12.5 Å². The summed E-state index contributed by atoms with van der Waals surface area (Å²) in [5.74, 6) is -2.70. The Morgan fingerprint density at radius 1 is 0.707 bits per heavy atom. The lowest BCUT2D eigenvalue weighted by molar-refractivity contribution is -0.382. The van der Waals surface area contributed by atoms with Gasteiger partial charge in [-0.25, -0.2) is 0 Å². The molecule has 0 unspecified atom stereocenters. The van der Waals surface area contributed by atoms with E-state index in [4.69, 9.17) is 18.9 Å². The van der Waals surface area contributed by atoms with Gasteiger partial charge in [0, 0.05) is 0 Å². The summed E-state index contributed by atoms with van der Waals surface area (Å²) in [5, 5.41) is 107. The molecule has 5 aliphatic carbocycles. The molecule has 0 aromatic heterocycles. The molecule has 0 amide bonds. The van der Waals surface area contributed by atoms with E-state index in [1.54, 1.807) is 0 Å². The van der Waals surface area contributed by atoms with E-state index in [2.05, 4.69) is 40.7 Å². The molecule has 2 saturated heterocycles. The van der Waals surface area contributed by atoms with Crippen LogP contribution in [-0.4, -0.2) is 150 Å². The molecule has 4 saturated carbocycles. The van der Waals surface area contributed by atoms with Crippen LogP contribution in [0.4, 0.5) is 0 Å². The Hall–Kier alpha value is -1.80. The highest BCUT2D eigenvalue weighted by atomic mass is 16.8. The smallest absolute Gasteiger partial charge is 0.312 e. The zero-order chi connectivity index (χ0) is 42.7. The highest BCUT2D eigenvalue weighted by Gasteiger charge is 2.72. The summed E-state index contributed by atoms with van der Waals surface area (Å²) in [5.41, 5.74) is -2.82. The molecule has 0 bridgehead atoms. The summed E-state index contributed by atoms with van der Waals surface area (Å²) in [7, 11) is 0. The lowest BCUT2D eigenvalue weighted by Gasteiger charge is -2.71. The average Bonchev–Trinajstić information content (AvgIpc) is 3.15. The largest absolute Gasteiger partial charge is 0.481 e. The first kappa shape index (κ1) is 44.3. The molecule has 6 fully saturated rings. The van der Waals surface area contributed by atoms with Crippen molar-refractivity contribution in [3.63, 3.8) is 0 Å². The number of allylic oxidation sites excluding steroid dienone is 2. The minimum absolute atomic E-state index is 0.0118. The highest BCUT2D eigenvalue weighted by molar-refractivity contribution is 5.77. The third kappa shape index (κ3) is 6.29. The minimum Gasteiger partial charge on any atom is -0.481 e. The van der Waals surface area contributed by atoms with Crippen molar-refractivity contribution in [1.29, 1.82) is 0 Å². The van der Waals surface area contributed by atoms with E-state index in [0.717, 1.165) is 12.8 Å². The number of rotatable bonds is 8. The number of hydrogen-bond acceptors (Lipinski definition) is 14. The second-order valence-corrected chi connectivity index (χ2v) is 20.6. The average molecular weight is 827 g/mol. The quantitative estimate of drug-likeness (QED) is 0.120. The number of aliphatic carboxylic acids is 2. The molecule has 2 aliphatic heterocycles. The van der Waals surface area contributed by atoms with Crippen molar-refractivity contribution < 1.29 is 79.6 Å². The monoisotopic (exact) mass is 826 g/mol. The second-order valence-electron chi connectivity index (χ2n) is 20.6. The summed E-state index contributed by atoms with van der Waals surface area (Å²) >= 11 is 0. The van der Waals surface area contributed by atoms with Crippen LogP contribution in [0.5, 0.6) is 0 Å². The van der Waals surface area contributed by atoms with Gasteiger partial charge in [-0.05, 0) is 104 Å². The van der Waals surface area contributed by atoms with Crippen LogP contribution in [0.2, 0.25) is 0 Å². The van der Waals surface area contributed by atoms with Crippen molar-refractivity contribution in [3.8, 4) is 0 Å². The Kier molecular flexibility index (Phi) is 11.4. The summed E-state index contributed by atoms with van der Waals surface area (Å²) in [6, 6.07) is 0. The number of aliphatic hydroxyl groups is 8. The fourth-order valence-electron chi connectivity index (χ4n) is 13.7. The van der Waals surface area contributed by atoms with Crippen molar-refractivity contribution >= 4 is 11.9 Å². The van der Waals surface area contributed by atoms with Crippen LogP contribution in [0.3, 0.4) is 0 Å². The van der Waals surface area contributed by atoms with Crippen LogP contribution in [0.1, 0.15) is 99.3 Å². The molecule has 0 aromatic rings. The van der Waals surface area contributed by atoms with E-state index in [0.29, 0.717) is 38.5 Å². The zero-order valence-corrected chi connectivity index (χ0v) is 34.4. The van der Waals surface area contributed by atoms with Gasteiger partial charge >= 0.3 is 11.9 Å². The molecule has 2 heterocycles. The van der Waals surface area contributed by atoms with Gasteiger partial charge in [0.2, 0.25) is 0 Å². The molecular formula is C42H66O16. The van der Waals surface area contributed by atoms with Crippen LogP contribution in [-0.2, 0) is 28.5 Å². The van der Waals surface area contributed by atoms with Crippen molar-refractivity contribution in [1.82, 2.24) is 0 Å². The van der Waals surface area contributed by atoms with Gasteiger partial charge in [-0.2, -0.15) is 0 Å². The van der Waals surface area contributed by atoms with Crippen molar-refractivity contribution in [2.45, 2.75) is 173 Å². The number of carboxylic acids is 2. The number of fused-ring (bicyclic) bond motifs is 7. The Morgan fingerprint density at radius 2 is 1.31 bits per heavy atom. The van der Waals surface area contributed by atoms with E-state index in [-0.39, 0.29) is 34.5 Å². The first-order chi connectivity index (χ1) is 27.0. The second kappa shape index (κ2) is 14.9. The van der Waals surface area contributed by atoms with Crippen molar-refractivity contribution in [2.75, 3.05) is 13.2 Å². The molecule has 0 spiro atoms. The fourth-order valence-corrected chi connectivity index (χ4v) is 13.7. The summed E-state index contributed by atoms with van der Waals surface area (Å²) < 4.78 is 23.7. The molecule has 0 aromatic carbocycles. The Labute approximate surface area is 339 Å². The Bertz CT molecular complexity index is 1620. The molecule has 58 heavy (non-hydrogen) atoms. The first-order valence-electron chi connectivity index (χ1n) is 21.1. The first-order valence-corrected chi connectivity index (χ1v) is 21.1. The Morgan fingerprint density at radius 3 is 1.91 bits per heavy atom. The van der Waals surface area contributed by atoms with Gasteiger partial charge in [-0.3, -0.25) is 9.59 Å². The molecule has 16 heteroatoms. The standard InChI is InChI=1S/C42H66O16/c1-37(2)11-13-42(36(53)54)14-12-39(4)19(20(42)15-37)7-8-24-38(3)16-21(45)32(41(6,35(51)52)25(38)9-10-40(24,39)5)58-34-31(29(49)27(47)23(18-44)56-34)57-33-30(50)28(48)26(46)22(17-43)55-33/h7,20-34,43-50H,8-18H2,1-6H3,(H,51,52)(H,53,54)/t20-,21-,22+,23+,24+,25+,26+,27+,28-,29-,30+,31+,32-,33-,34-,38+,39+,40+,41-,42-/m0/s1. The maximum absolute atomic E-state index is 13.7. The maximum Gasteiger partial charge on any atom is 0.312 e. The highest BCUT2D eigenvalue weighted by Crippen LogP contribution is 2.76. The van der Waals surface area contributed by atoms with Gasteiger partial charge in [-0.15, -0.1) is 0 Å². The van der Waals surface area contributed by atoms with E-state index >= 15 is 0 Å². The lowest BCUT2D eigenvalue weighted by atomic mass is 9.33. The normalized spacial score (nSPS) is 53.9.